The number of nitrogens with zero attached hydrogens (tertiary/aromatic N) is 4. The SMILES string of the molecule is CCOC(=O)c1cc(N)n[nH]1.CCOC(=O)c1cc2ncc(Cl)cn2n1. The third kappa shape index (κ3) is 4.93. The largest absolute Gasteiger partial charge is 0.461 e. The summed E-state index contributed by atoms with van der Waals surface area (Å²) in [7, 11) is 0. The van der Waals surface area contributed by atoms with Crippen molar-refractivity contribution in [3.8, 4) is 0 Å². The summed E-state index contributed by atoms with van der Waals surface area (Å²) in [5.74, 6) is -0.608. The Morgan fingerprint density at radius 3 is 2.54 bits per heavy atom. The molecule has 0 atom stereocenters. The molecule has 0 saturated carbocycles. The second kappa shape index (κ2) is 8.81. The van der Waals surface area contributed by atoms with Crippen molar-refractivity contribution in [3.05, 3.63) is 40.9 Å². The number of nitrogen functional groups attached to an aromatic ring is 1. The minimum Gasteiger partial charge on any atom is -0.461 e. The Hall–Kier alpha value is -3.14. The maximum Gasteiger partial charge on any atom is 0.358 e. The van der Waals surface area contributed by atoms with Crippen LogP contribution in [0.3, 0.4) is 0 Å². The van der Waals surface area contributed by atoms with Gasteiger partial charge in [-0.3, -0.25) is 5.10 Å². The molecule has 10 nitrogen and oxygen atoms in total. The van der Waals surface area contributed by atoms with Crippen LogP contribution in [0.15, 0.2) is 24.5 Å². The van der Waals surface area contributed by atoms with Gasteiger partial charge in [-0.1, -0.05) is 11.6 Å². The molecule has 138 valence electrons. The Labute approximate surface area is 153 Å². The average Bonchev–Trinajstić information content (AvgIpc) is 3.22. The first-order valence-electron chi connectivity index (χ1n) is 7.60. The highest BCUT2D eigenvalue weighted by Crippen LogP contribution is 2.09. The van der Waals surface area contributed by atoms with Crippen molar-refractivity contribution >= 4 is 35.0 Å². The van der Waals surface area contributed by atoms with Crippen LogP contribution in [0.5, 0.6) is 0 Å². The first-order chi connectivity index (χ1) is 12.4. The van der Waals surface area contributed by atoms with Crippen molar-refractivity contribution in [1.82, 2.24) is 24.8 Å². The van der Waals surface area contributed by atoms with E-state index in [9.17, 15) is 9.59 Å². The lowest BCUT2D eigenvalue weighted by Crippen LogP contribution is -2.05. The second-order valence-corrected chi connectivity index (χ2v) is 5.19. The third-order valence-electron chi connectivity index (χ3n) is 2.86. The highest BCUT2D eigenvalue weighted by atomic mass is 35.5. The van der Waals surface area contributed by atoms with Crippen LogP contribution in [-0.4, -0.2) is 49.9 Å². The van der Waals surface area contributed by atoms with E-state index in [4.69, 9.17) is 22.1 Å². The van der Waals surface area contributed by atoms with Crippen molar-refractivity contribution in [2.75, 3.05) is 18.9 Å². The summed E-state index contributed by atoms with van der Waals surface area (Å²) < 4.78 is 10.9. The van der Waals surface area contributed by atoms with Gasteiger partial charge in [0, 0.05) is 18.3 Å². The van der Waals surface area contributed by atoms with Crippen LogP contribution in [0.4, 0.5) is 5.82 Å². The van der Waals surface area contributed by atoms with Gasteiger partial charge in [0.1, 0.15) is 11.5 Å². The summed E-state index contributed by atoms with van der Waals surface area (Å²) in [6.45, 7) is 4.14. The fraction of sp³-hybridized carbons (Fsp3) is 0.267. The number of anilines is 1. The van der Waals surface area contributed by atoms with Gasteiger partial charge in [-0.15, -0.1) is 0 Å². The first kappa shape index (κ1) is 19.2. The number of fused-ring (bicyclic) bond motifs is 1. The van der Waals surface area contributed by atoms with Crippen LogP contribution in [0, 0.1) is 0 Å². The fourth-order valence-electron chi connectivity index (χ4n) is 1.81. The molecule has 3 heterocycles. The molecule has 0 unspecified atom stereocenters. The molecule has 0 aliphatic rings. The number of ether oxygens (including phenoxy) is 2. The van der Waals surface area contributed by atoms with Crippen LogP contribution in [-0.2, 0) is 9.47 Å². The Morgan fingerprint density at radius 1 is 1.23 bits per heavy atom. The van der Waals surface area contributed by atoms with Gasteiger partial charge in [-0.25, -0.2) is 19.1 Å². The summed E-state index contributed by atoms with van der Waals surface area (Å²) in [4.78, 5) is 26.3. The van der Waals surface area contributed by atoms with Gasteiger partial charge in [0.25, 0.3) is 0 Å². The summed E-state index contributed by atoms with van der Waals surface area (Å²) in [6.07, 6.45) is 3.07. The standard InChI is InChI=1S/C9H8ClN3O2.C6H9N3O2/c1-2-15-9(14)7-3-8-11-4-6(10)5-13(8)12-7;1-2-11-6(10)4-3-5(7)9-8-4/h3-5H,2H2,1H3;3H,2H2,1H3,(H3,7,8,9). The molecule has 3 aromatic heterocycles. The molecule has 3 aromatic rings. The van der Waals surface area contributed by atoms with E-state index in [0.29, 0.717) is 23.9 Å². The number of esters is 2. The highest BCUT2D eigenvalue weighted by Gasteiger charge is 2.12. The zero-order valence-electron chi connectivity index (χ0n) is 14.1. The molecule has 11 heteroatoms. The predicted molar refractivity (Wildman–Crippen MR) is 92.9 cm³/mol. The molecule has 26 heavy (non-hydrogen) atoms. The molecule has 0 fully saturated rings. The molecule has 0 aromatic carbocycles. The zero-order valence-corrected chi connectivity index (χ0v) is 14.9. The number of halogens is 1. The van der Waals surface area contributed by atoms with Gasteiger partial charge in [-0.05, 0) is 13.8 Å². The number of aromatic amines is 1. The van der Waals surface area contributed by atoms with Crippen LogP contribution < -0.4 is 5.73 Å². The number of aromatic nitrogens is 5. The topological polar surface area (TPSA) is 137 Å². The number of carbonyl (C=O) groups excluding carboxylic acids is 2. The zero-order chi connectivity index (χ0) is 19.1. The molecular weight excluding hydrogens is 364 g/mol. The van der Waals surface area contributed by atoms with Crippen molar-refractivity contribution in [2.45, 2.75) is 13.8 Å². The second-order valence-electron chi connectivity index (χ2n) is 4.75. The van der Waals surface area contributed by atoms with E-state index >= 15 is 0 Å². The summed E-state index contributed by atoms with van der Waals surface area (Å²) >= 11 is 5.73. The third-order valence-corrected chi connectivity index (χ3v) is 3.05. The van der Waals surface area contributed by atoms with E-state index in [2.05, 4.69) is 25.0 Å². The first-order valence-corrected chi connectivity index (χ1v) is 7.98. The Balaban J connectivity index is 0.000000197. The molecule has 3 N–H and O–H groups in total. The maximum absolute atomic E-state index is 11.3. The monoisotopic (exact) mass is 380 g/mol. The van der Waals surface area contributed by atoms with Crippen LogP contribution in [0.1, 0.15) is 34.8 Å². The number of carbonyl (C=O) groups is 2. The van der Waals surface area contributed by atoms with E-state index in [1.54, 1.807) is 26.1 Å². The van der Waals surface area contributed by atoms with Crippen LogP contribution in [0.2, 0.25) is 5.02 Å². The number of nitrogens with one attached hydrogen (secondary N) is 1. The quantitative estimate of drug-likeness (QED) is 0.652. The van der Waals surface area contributed by atoms with Crippen molar-refractivity contribution in [1.29, 1.82) is 0 Å². The average molecular weight is 381 g/mol. The molecule has 3 rings (SSSR count). The highest BCUT2D eigenvalue weighted by molar-refractivity contribution is 6.30. The Kier molecular flexibility index (Phi) is 6.50. The summed E-state index contributed by atoms with van der Waals surface area (Å²) in [6, 6.07) is 2.98. The van der Waals surface area contributed by atoms with Gasteiger partial charge >= 0.3 is 11.9 Å². The minimum atomic E-state index is -0.459. The van der Waals surface area contributed by atoms with Gasteiger partial charge in [-0.2, -0.15) is 10.2 Å². The molecular formula is C15H17ClN6O4. The smallest absolute Gasteiger partial charge is 0.358 e. The molecule has 0 spiro atoms. The lowest BCUT2D eigenvalue weighted by atomic mass is 10.4. The summed E-state index contributed by atoms with van der Waals surface area (Å²) in [5, 5.41) is 10.5. The molecule has 0 saturated heterocycles. The van der Waals surface area contributed by atoms with Gasteiger partial charge in [0.05, 0.1) is 24.4 Å². The molecule has 0 amide bonds. The van der Waals surface area contributed by atoms with E-state index in [-0.39, 0.29) is 17.2 Å². The maximum atomic E-state index is 11.3. The van der Waals surface area contributed by atoms with Crippen molar-refractivity contribution in [2.24, 2.45) is 0 Å². The van der Waals surface area contributed by atoms with Crippen LogP contribution in [0.25, 0.3) is 5.65 Å². The number of H-pyrrole nitrogens is 1. The number of hydrogen-bond acceptors (Lipinski definition) is 8. The van der Waals surface area contributed by atoms with Crippen LogP contribution >= 0.6 is 11.6 Å². The van der Waals surface area contributed by atoms with Crippen molar-refractivity contribution in [3.63, 3.8) is 0 Å². The Bertz CT molecular complexity index is 907. The molecule has 0 aliphatic carbocycles. The molecule has 0 aliphatic heterocycles. The Morgan fingerprint density at radius 2 is 1.92 bits per heavy atom. The van der Waals surface area contributed by atoms with Gasteiger partial charge in [0.2, 0.25) is 0 Å². The fourth-order valence-corrected chi connectivity index (χ4v) is 1.95. The van der Waals surface area contributed by atoms with Crippen molar-refractivity contribution < 1.29 is 19.1 Å². The lowest BCUT2D eigenvalue weighted by Gasteiger charge is -1.95. The van der Waals surface area contributed by atoms with E-state index in [1.807, 2.05) is 0 Å². The number of nitrogens with two attached hydrogens (primary N) is 1. The summed E-state index contributed by atoms with van der Waals surface area (Å²) in [5.41, 5.74) is 6.33. The minimum absolute atomic E-state index is 0.228. The van der Waals surface area contributed by atoms with E-state index < -0.39 is 11.9 Å². The number of rotatable bonds is 4. The lowest BCUT2D eigenvalue weighted by molar-refractivity contribution is 0.0510. The van der Waals surface area contributed by atoms with E-state index in [0.717, 1.165) is 0 Å². The van der Waals surface area contributed by atoms with Gasteiger partial charge < -0.3 is 15.2 Å². The predicted octanol–water partition coefficient (Wildman–Crippen LogP) is 1.73. The van der Waals surface area contributed by atoms with Gasteiger partial charge in [0.15, 0.2) is 11.3 Å². The molecule has 0 radical (unpaired) electrons. The number of hydrogen-bond donors (Lipinski definition) is 2. The molecule has 0 bridgehead atoms. The van der Waals surface area contributed by atoms with E-state index in [1.165, 1.54) is 16.8 Å². The normalized spacial score (nSPS) is 10.1.